The Morgan fingerprint density at radius 3 is 2.75 bits per heavy atom. The molecule has 0 N–H and O–H groups in total. The van der Waals surface area contributed by atoms with E-state index in [4.69, 9.17) is 14.5 Å². The molecule has 126 valence electrons. The summed E-state index contributed by atoms with van der Waals surface area (Å²) in [5.74, 6) is 1.62. The molecule has 1 aromatic heterocycles. The molecule has 2 aliphatic rings. The van der Waals surface area contributed by atoms with Crippen molar-refractivity contribution in [2.45, 2.75) is 12.8 Å². The minimum atomic E-state index is 0. The van der Waals surface area contributed by atoms with E-state index in [1.54, 1.807) is 6.20 Å². The van der Waals surface area contributed by atoms with Gasteiger partial charge in [0.2, 0.25) is 6.79 Å². The van der Waals surface area contributed by atoms with Crippen molar-refractivity contribution in [3.63, 3.8) is 0 Å². The predicted molar refractivity (Wildman–Crippen MR) is 99.9 cm³/mol. The number of aromatic nitrogens is 1. The van der Waals surface area contributed by atoms with E-state index in [2.05, 4.69) is 23.2 Å². The zero-order valence-corrected chi connectivity index (χ0v) is 14.6. The Balaban J connectivity index is 0.00000104. The standard InChI is InChI=1S/C18H16N2O2.2ClH/c1-4-15(11-19-7-1)18-14(3-2-8-20-18)9-13-5-6-16-17(10-13)22-12-21-16;;/h1,4-7,9-11H,2-3,8,12H2;2*1H. The van der Waals surface area contributed by atoms with Crippen LogP contribution in [0.5, 0.6) is 11.5 Å². The van der Waals surface area contributed by atoms with Crippen molar-refractivity contribution in [1.29, 1.82) is 0 Å². The fourth-order valence-corrected chi connectivity index (χ4v) is 2.80. The highest BCUT2D eigenvalue weighted by atomic mass is 35.5. The smallest absolute Gasteiger partial charge is 0.231 e. The number of rotatable bonds is 2. The second kappa shape index (κ2) is 8.18. The zero-order chi connectivity index (χ0) is 14.8. The van der Waals surface area contributed by atoms with Crippen molar-refractivity contribution in [2.75, 3.05) is 13.3 Å². The highest BCUT2D eigenvalue weighted by Crippen LogP contribution is 2.33. The van der Waals surface area contributed by atoms with Crippen molar-refractivity contribution in [3.05, 3.63) is 59.4 Å². The largest absolute Gasteiger partial charge is 0.454 e. The molecule has 0 aliphatic carbocycles. The number of aliphatic imine (C=N–C) groups is 1. The van der Waals surface area contributed by atoms with Crippen molar-refractivity contribution in [2.24, 2.45) is 4.99 Å². The molecule has 6 heteroatoms. The van der Waals surface area contributed by atoms with E-state index in [1.165, 1.54) is 5.57 Å². The number of fused-ring (bicyclic) bond motifs is 1. The minimum Gasteiger partial charge on any atom is -0.454 e. The lowest BCUT2D eigenvalue weighted by Crippen LogP contribution is -2.11. The van der Waals surface area contributed by atoms with Crippen LogP contribution in [0.3, 0.4) is 0 Å². The molecule has 0 saturated heterocycles. The maximum absolute atomic E-state index is 5.45. The van der Waals surface area contributed by atoms with Crippen LogP contribution in [0.25, 0.3) is 6.08 Å². The van der Waals surface area contributed by atoms with Gasteiger partial charge < -0.3 is 9.47 Å². The van der Waals surface area contributed by atoms with Crippen LogP contribution in [0.1, 0.15) is 24.0 Å². The molecule has 0 radical (unpaired) electrons. The van der Waals surface area contributed by atoms with Gasteiger partial charge in [-0.3, -0.25) is 9.98 Å². The van der Waals surface area contributed by atoms with E-state index in [0.29, 0.717) is 6.79 Å². The minimum absolute atomic E-state index is 0. The number of hydrogen-bond acceptors (Lipinski definition) is 4. The molecule has 4 rings (SSSR count). The normalized spacial score (nSPS) is 16.8. The van der Waals surface area contributed by atoms with Gasteiger partial charge in [0.25, 0.3) is 0 Å². The van der Waals surface area contributed by atoms with Crippen LogP contribution in [0, 0.1) is 0 Å². The first-order valence-electron chi connectivity index (χ1n) is 7.45. The van der Waals surface area contributed by atoms with Crippen LogP contribution in [-0.2, 0) is 0 Å². The second-order valence-corrected chi connectivity index (χ2v) is 5.36. The summed E-state index contributed by atoms with van der Waals surface area (Å²) in [6, 6.07) is 10.0. The molecule has 1 aromatic carbocycles. The summed E-state index contributed by atoms with van der Waals surface area (Å²) < 4.78 is 10.8. The third-order valence-corrected chi connectivity index (χ3v) is 3.85. The van der Waals surface area contributed by atoms with Crippen LogP contribution < -0.4 is 9.47 Å². The predicted octanol–water partition coefficient (Wildman–Crippen LogP) is 4.32. The van der Waals surface area contributed by atoms with Crippen molar-refractivity contribution >= 4 is 36.6 Å². The van der Waals surface area contributed by atoms with E-state index in [9.17, 15) is 0 Å². The van der Waals surface area contributed by atoms with Crippen LogP contribution in [0.4, 0.5) is 0 Å². The molecule has 2 aromatic rings. The van der Waals surface area contributed by atoms with E-state index in [1.807, 2.05) is 24.4 Å². The van der Waals surface area contributed by atoms with Gasteiger partial charge in [-0.1, -0.05) is 6.07 Å². The van der Waals surface area contributed by atoms with E-state index in [-0.39, 0.29) is 24.8 Å². The maximum Gasteiger partial charge on any atom is 0.231 e. The van der Waals surface area contributed by atoms with Crippen LogP contribution >= 0.6 is 24.8 Å². The lowest BCUT2D eigenvalue weighted by molar-refractivity contribution is 0.174. The molecule has 0 unspecified atom stereocenters. The van der Waals surface area contributed by atoms with Crippen molar-refractivity contribution in [1.82, 2.24) is 4.98 Å². The average molecular weight is 365 g/mol. The van der Waals surface area contributed by atoms with Gasteiger partial charge in [0.15, 0.2) is 11.5 Å². The Morgan fingerprint density at radius 1 is 1.04 bits per heavy atom. The summed E-state index contributed by atoms with van der Waals surface area (Å²) in [5.41, 5.74) is 4.49. The number of allylic oxidation sites excluding steroid dienone is 1. The van der Waals surface area contributed by atoms with Gasteiger partial charge in [-0.25, -0.2) is 0 Å². The molecule has 2 aliphatic heterocycles. The summed E-state index contributed by atoms with van der Waals surface area (Å²) in [4.78, 5) is 8.91. The molecular formula is C18H18Cl2N2O2. The van der Waals surface area contributed by atoms with Crippen molar-refractivity contribution < 1.29 is 9.47 Å². The fourth-order valence-electron chi connectivity index (χ4n) is 2.80. The summed E-state index contributed by atoms with van der Waals surface area (Å²) in [6.07, 6.45) is 7.96. The van der Waals surface area contributed by atoms with E-state index < -0.39 is 0 Å². The first kappa shape index (κ1) is 18.3. The molecule has 4 nitrogen and oxygen atoms in total. The first-order chi connectivity index (χ1) is 10.9. The Bertz CT molecular complexity index is 761. The molecule has 0 amide bonds. The van der Waals surface area contributed by atoms with Crippen LogP contribution in [-0.4, -0.2) is 24.0 Å². The SMILES string of the molecule is C(=C1CCCN=C1c1cccnc1)c1ccc2c(c1)OCO2.Cl.Cl. The molecule has 0 spiro atoms. The summed E-state index contributed by atoms with van der Waals surface area (Å²) in [6.45, 7) is 1.18. The van der Waals surface area contributed by atoms with E-state index >= 15 is 0 Å². The number of hydrogen-bond donors (Lipinski definition) is 0. The summed E-state index contributed by atoms with van der Waals surface area (Å²) in [7, 11) is 0. The summed E-state index contributed by atoms with van der Waals surface area (Å²) >= 11 is 0. The molecule has 24 heavy (non-hydrogen) atoms. The van der Waals surface area contributed by atoms with Crippen LogP contribution in [0.2, 0.25) is 0 Å². The fraction of sp³-hybridized carbons (Fsp3) is 0.222. The third kappa shape index (κ3) is 3.71. The highest BCUT2D eigenvalue weighted by Gasteiger charge is 2.16. The van der Waals surface area contributed by atoms with Gasteiger partial charge in [-0.15, -0.1) is 24.8 Å². The number of nitrogens with zero attached hydrogens (tertiary/aromatic N) is 2. The lowest BCUT2D eigenvalue weighted by Gasteiger charge is -2.16. The number of ether oxygens (including phenoxy) is 2. The monoisotopic (exact) mass is 364 g/mol. The van der Waals surface area contributed by atoms with Crippen molar-refractivity contribution in [3.8, 4) is 11.5 Å². The van der Waals surface area contributed by atoms with E-state index in [0.717, 1.165) is 47.7 Å². The van der Waals surface area contributed by atoms with Gasteiger partial charge in [-0.2, -0.15) is 0 Å². The van der Waals surface area contributed by atoms with Crippen LogP contribution in [0.15, 0.2) is 53.3 Å². The molecule has 0 fully saturated rings. The molecule has 0 saturated carbocycles. The number of halogens is 2. The quantitative estimate of drug-likeness (QED) is 0.796. The molecule has 0 atom stereocenters. The van der Waals surface area contributed by atoms with Gasteiger partial charge in [0.1, 0.15) is 0 Å². The Morgan fingerprint density at radius 2 is 1.92 bits per heavy atom. The zero-order valence-electron chi connectivity index (χ0n) is 13.0. The van der Waals surface area contributed by atoms with Gasteiger partial charge >= 0.3 is 0 Å². The second-order valence-electron chi connectivity index (χ2n) is 5.36. The number of pyridine rings is 1. The first-order valence-corrected chi connectivity index (χ1v) is 7.45. The average Bonchev–Trinajstić information content (AvgIpc) is 3.04. The topological polar surface area (TPSA) is 43.7 Å². The maximum atomic E-state index is 5.45. The highest BCUT2D eigenvalue weighted by molar-refractivity contribution is 6.15. The van der Waals surface area contributed by atoms with Gasteiger partial charge in [0, 0.05) is 24.5 Å². The Hall–Kier alpha value is -2.04. The third-order valence-electron chi connectivity index (χ3n) is 3.85. The van der Waals surface area contributed by atoms with Gasteiger partial charge in [-0.05, 0) is 54.3 Å². The Kier molecular flexibility index (Phi) is 6.23. The summed E-state index contributed by atoms with van der Waals surface area (Å²) in [5, 5.41) is 0. The molecular weight excluding hydrogens is 347 g/mol. The molecule has 0 bridgehead atoms. The Labute approximate surface area is 153 Å². The molecule has 3 heterocycles. The van der Waals surface area contributed by atoms with Gasteiger partial charge in [0.05, 0.1) is 5.71 Å². The lowest BCUT2D eigenvalue weighted by atomic mass is 9.95. The number of benzene rings is 1.